The van der Waals surface area contributed by atoms with Crippen LogP contribution in [0.15, 0.2) is 54.6 Å². The molecule has 0 aliphatic carbocycles. The van der Waals surface area contributed by atoms with E-state index in [-0.39, 0.29) is 17.9 Å². The number of morpholine rings is 1. The monoisotopic (exact) mass is 448 g/mol. The zero-order valence-electron chi connectivity index (χ0n) is 18.2. The highest BCUT2D eigenvalue weighted by atomic mass is 32.1. The molecule has 32 heavy (non-hydrogen) atoms. The number of thiophene rings is 1. The lowest BCUT2D eigenvalue weighted by Crippen LogP contribution is -2.45. The second kappa shape index (κ2) is 9.43. The van der Waals surface area contributed by atoms with Crippen LogP contribution in [-0.4, -0.2) is 60.5 Å². The smallest absolute Gasteiger partial charge is 0.264 e. The quantitative estimate of drug-likeness (QED) is 0.586. The molecule has 2 aliphatic heterocycles. The highest BCUT2D eigenvalue weighted by molar-refractivity contribution is 7.21. The first-order chi connectivity index (χ1) is 15.7. The SMILES string of the molecule is O=C(c1sc2ccccc2c1C[C@@H]1CCCCN1C(=O)c1ccccc1)N1CCOCC1. The molecule has 0 spiro atoms. The van der Waals surface area contributed by atoms with Crippen LogP contribution in [0.1, 0.15) is 44.9 Å². The summed E-state index contributed by atoms with van der Waals surface area (Å²) >= 11 is 1.58. The van der Waals surface area contributed by atoms with E-state index >= 15 is 0 Å². The maximum Gasteiger partial charge on any atom is 0.264 e. The molecule has 2 fully saturated rings. The standard InChI is InChI=1S/C26H28N2O3S/c29-25(19-8-2-1-3-9-19)28-13-7-6-10-20(28)18-22-21-11-4-5-12-23(21)32-24(22)26(30)27-14-16-31-17-15-27/h1-5,8-9,11-12,20H,6-7,10,13-18H2/t20-/m0/s1. The second-order valence-corrected chi connectivity index (χ2v) is 9.58. The number of ether oxygens (including phenoxy) is 1. The zero-order valence-corrected chi connectivity index (χ0v) is 19.0. The van der Waals surface area contributed by atoms with Crippen molar-refractivity contribution in [2.75, 3.05) is 32.8 Å². The summed E-state index contributed by atoms with van der Waals surface area (Å²) in [7, 11) is 0. The number of hydrogen-bond acceptors (Lipinski definition) is 4. The lowest BCUT2D eigenvalue weighted by Gasteiger charge is -2.36. The molecule has 3 heterocycles. The number of carbonyl (C=O) groups is 2. The van der Waals surface area contributed by atoms with Crippen molar-refractivity contribution >= 4 is 33.2 Å². The summed E-state index contributed by atoms with van der Waals surface area (Å²) in [5.74, 6) is 0.192. The largest absolute Gasteiger partial charge is 0.378 e. The first kappa shape index (κ1) is 21.2. The van der Waals surface area contributed by atoms with Gasteiger partial charge in [-0.05, 0) is 54.8 Å². The summed E-state index contributed by atoms with van der Waals surface area (Å²) in [4.78, 5) is 31.5. The van der Waals surface area contributed by atoms with Crippen LogP contribution in [0.25, 0.3) is 10.1 Å². The fraction of sp³-hybridized carbons (Fsp3) is 0.385. The van der Waals surface area contributed by atoms with Gasteiger partial charge in [0.25, 0.3) is 11.8 Å². The van der Waals surface area contributed by atoms with Crippen LogP contribution in [0.3, 0.4) is 0 Å². The molecule has 166 valence electrons. The van der Waals surface area contributed by atoms with E-state index in [2.05, 4.69) is 12.1 Å². The Labute approximate surface area is 192 Å². The van der Waals surface area contributed by atoms with E-state index in [1.54, 1.807) is 11.3 Å². The van der Waals surface area contributed by atoms with Crippen molar-refractivity contribution in [1.29, 1.82) is 0 Å². The average Bonchev–Trinajstić information content (AvgIpc) is 3.23. The van der Waals surface area contributed by atoms with Gasteiger partial charge in [-0.25, -0.2) is 0 Å². The molecule has 0 saturated carbocycles. The fourth-order valence-electron chi connectivity index (χ4n) is 4.85. The molecule has 3 aromatic rings. The van der Waals surface area contributed by atoms with Crippen molar-refractivity contribution in [1.82, 2.24) is 9.80 Å². The molecule has 0 bridgehead atoms. The van der Waals surface area contributed by atoms with Crippen molar-refractivity contribution < 1.29 is 14.3 Å². The predicted octanol–water partition coefficient (Wildman–Crippen LogP) is 4.61. The van der Waals surface area contributed by atoms with Crippen molar-refractivity contribution in [2.24, 2.45) is 0 Å². The van der Waals surface area contributed by atoms with Crippen LogP contribution in [0, 0.1) is 0 Å². The Balaban J connectivity index is 1.48. The maximum atomic E-state index is 13.5. The van der Waals surface area contributed by atoms with Gasteiger partial charge in [0, 0.05) is 35.9 Å². The van der Waals surface area contributed by atoms with Crippen LogP contribution >= 0.6 is 11.3 Å². The lowest BCUT2D eigenvalue weighted by molar-refractivity contribution is 0.0305. The van der Waals surface area contributed by atoms with E-state index < -0.39 is 0 Å². The molecule has 6 heteroatoms. The molecule has 1 aromatic heterocycles. The van der Waals surface area contributed by atoms with E-state index in [4.69, 9.17) is 4.74 Å². The minimum atomic E-state index is 0.0934. The van der Waals surface area contributed by atoms with Crippen molar-refractivity contribution in [3.8, 4) is 0 Å². The van der Waals surface area contributed by atoms with Crippen molar-refractivity contribution in [2.45, 2.75) is 31.7 Å². The molecule has 0 N–H and O–H groups in total. The number of benzene rings is 2. The van der Waals surface area contributed by atoms with Crippen LogP contribution < -0.4 is 0 Å². The lowest BCUT2D eigenvalue weighted by atomic mass is 9.93. The van der Waals surface area contributed by atoms with E-state index in [1.165, 1.54) is 0 Å². The van der Waals surface area contributed by atoms with Crippen LogP contribution in [0.2, 0.25) is 0 Å². The van der Waals surface area contributed by atoms with Crippen molar-refractivity contribution in [3.63, 3.8) is 0 Å². The van der Waals surface area contributed by atoms with Gasteiger partial charge in [-0.3, -0.25) is 9.59 Å². The number of nitrogens with zero attached hydrogens (tertiary/aromatic N) is 2. The number of amides is 2. The molecular formula is C26H28N2O3S. The fourth-order valence-corrected chi connectivity index (χ4v) is 6.05. The normalized spacial score (nSPS) is 19.3. The van der Waals surface area contributed by atoms with Gasteiger partial charge in [-0.1, -0.05) is 36.4 Å². The summed E-state index contributed by atoms with van der Waals surface area (Å²) in [6.45, 7) is 3.22. The predicted molar refractivity (Wildman–Crippen MR) is 127 cm³/mol. The zero-order chi connectivity index (χ0) is 21.9. The average molecular weight is 449 g/mol. The third-order valence-electron chi connectivity index (χ3n) is 6.54. The molecular weight excluding hydrogens is 420 g/mol. The molecule has 2 aromatic carbocycles. The number of piperidine rings is 1. The Morgan fingerprint density at radius 3 is 2.47 bits per heavy atom. The summed E-state index contributed by atoms with van der Waals surface area (Å²) in [6, 6.07) is 17.9. The number of carbonyl (C=O) groups excluding carboxylic acids is 2. The minimum Gasteiger partial charge on any atom is -0.378 e. The topological polar surface area (TPSA) is 49.9 Å². The van der Waals surface area contributed by atoms with Gasteiger partial charge in [-0.2, -0.15) is 0 Å². The second-order valence-electron chi connectivity index (χ2n) is 8.53. The number of hydrogen-bond donors (Lipinski definition) is 0. The third-order valence-corrected chi connectivity index (χ3v) is 7.74. The first-order valence-corrected chi connectivity index (χ1v) is 12.3. The van der Waals surface area contributed by atoms with Gasteiger partial charge < -0.3 is 14.5 Å². The molecule has 5 nitrogen and oxygen atoms in total. The van der Waals surface area contributed by atoms with Gasteiger partial charge in [0.1, 0.15) is 0 Å². The summed E-state index contributed by atoms with van der Waals surface area (Å²) < 4.78 is 6.58. The summed E-state index contributed by atoms with van der Waals surface area (Å²) in [5, 5.41) is 1.15. The van der Waals surface area contributed by atoms with Crippen LogP contribution in [-0.2, 0) is 11.2 Å². The summed E-state index contributed by atoms with van der Waals surface area (Å²) in [5.41, 5.74) is 1.83. The Hall–Kier alpha value is -2.70. The van der Waals surface area contributed by atoms with Gasteiger partial charge in [0.2, 0.25) is 0 Å². The number of likely N-dealkylation sites (tertiary alicyclic amines) is 1. The van der Waals surface area contributed by atoms with Crippen LogP contribution in [0.4, 0.5) is 0 Å². The third kappa shape index (κ3) is 4.17. The van der Waals surface area contributed by atoms with E-state index in [0.717, 1.165) is 51.9 Å². The number of fused-ring (bicyclic) bond motifs is 1. The molecule has 2 aliphatic rings. The van der Waals surface area contributed by atoms with Gasteiger partial charge >= 0.3 is 0 Å². The van der Waals surface area contributed by atoms with E-state index in [0.29, 0.717) is 32.7 Å². The van der Waals surface area contributed by atoms with Gasteiger partial charge in [0.15, 0.2) is 0 Å². The van der Waals surface area contributed by atoms with Crippen molar-refractivity contribution in [3.05, 3.63) is 70.6 Å². The molecule has 2 saturated heterocycles. The molecule has 0 radical (unpaired) electrons. The Kier molecular flexibility index (Phi) is 6.23. The summed E-state index contributed by atoms with van der Waals surface area (Å²) in [6.07, 6.45) is 3.82. The Bertz CT molecular complexity index is 1100. The van der Waals surface area contributed by atoms with Crippen LogP contribution in [0.5, 0.6) is 0 Å². The Morgan fingerprint density at radius 1 is 0.906 bits per heavy atom. The molecule has 5 rings (SSSR count). The van der Waals surface area contributed by atoms with Gasteiger partial charge in [-0.15, -0.1) is 11.3 Å². The first-order valence-electron chi connectivity index (χ1n) is 11.5. The molecule has 0 unspecified atom stereocenters. The minimum absolute atomic E-state index is 0.0934. The van der Waals surface area contributed by atoms with Gasteiger partial charge in [0.05, 0.1) is 18.1 Å². The van der Waals surface area contributed by atoms with E-state index in [9.17, 15) is 9.59 Å². The van der Waals surface area contributed by atoms with E-state index in [1.807, 2.05) is 52.3 Å². The molecule has 1 atom stereocenters. The highest BCUT2D eigenvalue weighted by Crippen LogP contribution is 2.35. The number of rotatable bonds is 4. The molecule has 2 amide bonds. The maximum absolute atomic E-state index is 13.5. The highest BCUT2D eigenvalue weighted by Gasteiger charge is 2.31. The Morgan fingerprint density at radius 2 is 1.66 bits per heavy atom.